The second-order valence-corrected chi connectivity index (χ2v) is 4.58. The Hall–Kier alpha value is -1.14. The van der Waals surface area contributed by atoms with Gasteiger partial charge in [0.2, 0.25) is 5.91 Å². The van der Waals surface area contributed by atoms with Gasteiger partial charge in [-0.25, -0.2) is 0 Å². The fourth-order valence-electron chi connectivity index (χ4n) is 2.31. The van der Waals surface area contributed by atoms with Crippen molar-refractivity contribution in [1.82, 2.24) is 4.90 Å². The fraction of sp³-hybridized carbons (Fsp3) is 0.833. The van der Waals surface area contributed by atoms with Crippen LogP contribution in [-0.4, -0.2) is 53.7 Å². The number of carbonyl (C=O) groups is 2. The van der Waals surface area contributed by atoms with Gasteiger partial charge in [-0.05, 0) is 19.3 Å². The molecule has 0 aliphatic carbocycles. The summed E-state index contributed by atoms with van der Waals surface area (Å²) >= 11 is 0. The topological polar surface area (TPSA) is 92.9 Å². The number of likely N-dealkylation sites (tertiary alicyclic amines) is 1. The van der Waals surface area contributed by atoms with Crippen LogP contribution in [0.4, 0.5) is 0 Å². The Balaban J connectivity index is 2.27. The molecular formula is C12H22N2O4. The van der Waals surface area contributed by atoms with Gasteiger partial charge in [0.05, 0.1) is 25.2 Å². The first kappa shape index (κ1) is 14.9. The SMILES string of the molecule is CCC(C(N)=O)N1CCC(OCCC(=O)O)CC1. The monoisotopic (exact) mass is 258 g/mol. The van der Waals surface area contributed by atoms with Crippen molar-refractivity contribution in [3.8, 4) is 0 Å². The van der Waals surface area contributed by atoms with E-state index >= 15 is 0 Å². The van der Waals surface area contributed by atoms with Crippen molar-refractivity contribution < 1.29 is 19.4 Å². The molecule has 1 aliphatic heterocycles. The highest BCUT2D eigenvalue weighted by Crippen LogP contribution is 2.17. The molecule has 6 nitrogen and oxygen atoms in total. The van der Waals surface area contributed by atoms with E-state index in [0.29, 0.717) is 0 Å². The van der Waals surface area contributed by atoms with Gasteiger partial charge in [0.25, 0.3) is 0 Å². The van der Waals surface area contributed by atoms with Crippen LogP contribution in [0.3, 0.4) is 0 Å². The van der Waals surface area contributed by atoms with Gasteiger partial charge in [-0.3, -0.25) is 14.5 Å². The number of carboxylic acid groups (broad SMARTS) is 1. The molecule has 0 aromatic carbocycles. The van der Waals surface area contributed by atoms with Crippen molar-refractivity contribution in [2.24, 2.45) is 5.73 Å². The average molecular weight is 258 g/mol. The number of carboxylic acids is 1. The largest absolute Gasteiger partial charge is 0.481 e. The van der Waals surface area contributed by atoms with Gasteiger partial charge >= 0.3 is 5.97 Å². The molecular weight excluding hydrogens is 236 g/mol. The summed E-state index contributed by atoms with van der Waals surface area (Å²) < 4.78 is 5.49. The van der Waals surface area contributed by atoms with Crippen LogP contribution >= 0.6 is 0 Å². The van der Waals surface area contributed by atoms with Crippen LogP contribution in [0.15, 0.2) is 0 Å². The van der Waals surface area contributed by atoms with Gasteiger partial charge in [-0.1, -0.05) is 6.92 Å². The summed E-state index contributed by atoms with van der Waals surface area (Å²) in [6, 6.07) is -0.190. The summed E-state index contributed by atoms with van der Waals surface area (Å²) in [4.78, 5) is 23.7. The highest BCUT2D eigenvalue weighted by molar-refractivity contribution is 5.79. The van der Waals surface area contributed by atoms with E-state index in [1.54, 1.807) is 0 Å². The second-order valence-electron chi connectivity index (χ2n) is 4.58. The van der Waals surface area contributed by atoms with E-state index in [-0.39, 0.29) is 31.1 Å². The highest BCUT2D eigenvalue weighted by Gasteiger charge is 2.27. The Labute approximate surface area is 107 Å². The Morgan fingerprint density at radius 1 is 1.44 bits per heavy atom. The van der Waals surface area contributed by atoms with Gasteiger partial charge in [-0.15, -0.1) is 0 Å². The van der Waals surface area contributed by atoms with E-state index in [1.807, 2.05) is 6.92 Å². The van der Waals surface area contributed by atoms with Gasteiger partial charge in [0, 0.05) is 13.1 Å². The third-order valence-electron chi connectivity index (χ3n) is 3.30. The molecule has 3 N–H and O–H groups in total. The summed E-state index contributed by atoms with van der Waals surface area (Å²) in [6.45, 7) is 3.76. The fourth-order valence-corrected chi connectivity index (χ4v) is 2.31. The van der Waals surface area contributed by atoms with Gasteiger partial charge in [0.1, 0.15) is 0 Å². The number of aliphatic carboxylic acids is 1. The minimum Gasteiger partial charge on any atom is -0.481 e. The van der Waals surface area contributed by atoms with Gasteiger partial charge < -0.3 is 15.6 Å². The molecule has 1 fully saturated rings. The molecule has 6 heteroatoms. The van der Waals surface area contributed by atoms with E-state index in [0.717, 1.165) is 32.4 Å². The minimum atomic E-state index is -0.841. The number of carbonyl (C=O) groups excluding carboxylic acids is 1. The second kappa shape index (κ2) is 7.33. The lowest BCUT2D eigenvalue weighted by Gasteiger charge is -2.35. The zero-order valence-electron chi connectivity index (χ0n) is 10.8. The zero-order chi connectivity index (χ0) is 13.5. The molecule has 0 spiro atoms. The van der Waals surface area contributed by atoms with Crippen LogP contribution in [0.1, 0.15) is 32.6 Å². The molecule has 0 bridgehead atoms. The van der Waals surface area contributed by atoms with Crippen LogP contribution < -0.4 is 5.73 Å². The molecule has 0 saturated carbocycles. The summed E-state index contributed by atoms with van der Waals surface area (Å²) in [5.74, 6) is -1.12. The van der Waals surface area contributed by atoms with E-state index in [4.69, 9.17) is 15.6 Å². The summed E-state index contributed by atoms with van der Waals surface area (Å²) in [5.41, 5.74) is 5.35. The number of hydrogen-bond donors (Lipinski definition) is 2. The van der Waals surface area contributed by atoms with E-state index in [1.165, 1.54) is 0 Å². The lowest BCUT2D eigenvalue weighted by atomic mass is 10.0. The molecule has 1 rings (SSSR count). The maximum absolute atomic E-state index is 11.2. The molecule has 0 aromatic heterocycles. The normalized spacial score (nSPS) is 19.6. The quantitative estimate of drug-likeness (QED) is 0.680. The number of hydrogen-bond acceptors (Lipinski definition) is 4. The van der Waals surface area contributed by atoms with E-state index in [9.17, 15) is 9.59 Å². The molecule has 1 aliphatic rings. The lowest BCUT2D eigenvalue weighted by molar-refractivity contribution is -0.139. The van der Waals surface area contributed by atoms with Crippen LogP contribution in [0.2, 0.25) is 0 Å². The number of rotatable bonds is 7. The number of amides is 1. The van der Waals surface area contributed by atoms with Crippen LogP contribution in [0, 0.1) is 0 Å². The van der Waals surface area contributed by atoms with Crippen molar-refractivity contribution in [3.63, 3.8) is 0 Å². The maximum atomic E-state index is 11.2. The zero-order valence-corrected chi connectivity index (χ0v) is 10.8. The summed E-state index contributed by atoms with van der Waals surface area (Å²) in [7, 11) is 0. The highest BCUT2D eigenvalue weighted by atomic mass is 16.5. The third kappa shape index (κ3) is 4.62. The first-order chi connectivity index (χ1) is 8.54. The third-order valence-corrected chi connectivity index (χ3v) is 3.30. The van der Waals surface area contributed by atoms with Crippen molar-refractivity contribution in [2.75, 3.05) is 19.7 Å². The number of piperidine rings is 1. The Kier molecular flexibility index (Phi) is 6.07. The molecule has 0 aromatic rings. The lowest BCUT2D eigenvalue weighted by Crippen LogP contribution is -2.49. The molecule has 1 saturated heterocycles. The molecule has 1 atom stereocenters. The number of nitrogens with zero attached hydrogens (tertiary/aromatic N) is 1. The Bertz CT molecular complexity index is 288. The number of ether oxygens (including phenoxy) is 1. The molecule has 1 unspecified atom stereocenters. The first-order valence-corrected chi connectivity index (χ1v) is 6.41. The van der Waals surface area contributed by atoms with Gasteiger partial charge in [-0.2, -0.15) is 0 Å². The maximum Gasteiger partial charge on any atom is 0.305 e. The van der Waals surface area contributed by atoms with Crippen LogP contribution in [-0.2, 0) is 14.3 Å². The Morgan fingerprint density at radius 3 is 2.50 bits per heavy atom. The van der Waals surface area contributed by atoms with E-state index < -0.39 is 5.97 Å². The molecule has 18 heavy (non-hydrogen) atoms. The van der Waals surface area contributed by atoms with Crippen molar-refractivity contribution in [3.05, 3.63) is 0 Å². The Morgan fingerprint density at radius 2 is 2.06 bits per heavy atom. The van der Waals surface area contributed by atoms with Crippen molar-refractivity contribution in [1.29, 1.82) is 0 Å². The summed E-state index contributed by atoms with van der Waals surface area (Å²) in [6.07, 6.45) is 2.51. The predicted octanol–water partition coefficient (Wildman–Crippen LogP) is 0.206. The summed E-state index contributed by atoms with van der Waals surface area (Å²) in [5, 5.41) is 8.51. The number of nitrogens with two attached hydrogens (primary N) is 1. The minimum absolute atomic E-state index is 0.0408. The molecule has 1 heterocycles. The van der Waals surface area contributed by atoms with Gasteiger partial charge in [0.15, 0.2) is 0 Å². The van der Waals surface area contributed by atoms with Crippen molar-refractivity contribution >= 4 is 11.9 Å². The first-order valence-electron chi connectivity index (χ1n) is 6.41. The standard InChI is InChI=1S/C12H22N2O4/c1-2-10(12(13)17)14-6-3-9(4-7-14)18-8-5-11(15)16/h9-10H,2-8H2,1H3,(H2,13,17)(H,15,16). The average Bonchev–Trinajstić information content (AvgIpc) is 2.31. The predicted molar refractivity (Wildman–Crippen MR) is 66.1 cm³/mol. The van der Waals surface area contributed by atoms with Crippen molar-refractivity contribution in [2.45, 2.75) is 44.8 Å². The van der Waals surface area contributed by atoms with Crippen LogP contribution in [0.5, 0.6) is 0 Å². The van der Waals surface area contributed by atoms with E-state index in [2.05, 4.69) is 4.90 Å². The molecule has 104 valence electrons. The molecule has 0 radical (unpaired) electrons. The smallest absolute Gasteiger partial charge is 0.305 e. The number of primary amides is 1. The van der Waals surface area contributed by atoms with Crippen LogP contribution in [0.25, 0.3) is 0 Å². The molecule has 1 amide bonds.